The molecule has 5 nitrogen and oxygen atoms in total. The Balaban J connectivity index is 1.54. The molecular weight excluding hydrogens is 374 g/mol. The van der Waals surface area contributed by atoms with Gasteiger partial charge < -0.3 is 15.3 Å². The fraction of sp³-hybridized carbons (Fsp3) is 0.240. The van der Waals surface area contributed by atoms with Gasteiger partial charge in [0.05, 0.1) is 5.56 Å². The maximum Gasteiger partial charge on any atom is 0.262 e. The van der Waals surface area contributed by atoms with Gasteiger partial charge in [-0.3, -0.25) is 9.69 Å². The van der Waals surface area contributed by atoms with Gasteiger partial charge in [-0.15, -0.1) is 0 Å². The van der Waals surface area contributed by atoms with E-state index < -0.39 is 0 Å². The summed E-state index contributed by atoms with van der Waals surface area (Å²) >= 11 is 0. The molecule has 5 rings (SSSR count). The number of carbonyl (C=O) groups is 1. The predicted octanol–water partition coefficient (Wildman–Crippen LogP) is 4.63. The van der Waals surface area contributed by atoms with Crippen LogP contribution in [0.3, 0.4) is 0 Å². The predicted molar refractivity (Wildman–Crippen MR) is 120 cm³/mol. The van der Waals surface area contributed by atoms with Gasteiger partial charge in [-0.1, -0.05) is 30.3 Å². The molecule has 152 valence electrons. The van der Waals surface area contributed by atoms with Crippen molar-refractivity contribution < 1.29 is 9.90 Å². The fourth-order valence-electron chi connectivity index (χ4n) is 4.41. The van der Waals surface area contributed by atoms with E-state index in [2.05, 4.69) is 28.4 Å². The van der Waals surface area contributed by atoms with Crippen molar-refractivity contribution in [1.82, 2.24) is 0 Å². The zero-order valence-corrected chi connectivity index (χ0v) is 16.8. The lowest BCUT2D eigenvalue weighted by Gasteiger charge is -2.38. The highest BCUT2D eigenvalue weighted by molar-refractivity contribution is 6.12. The molecule has 2 aliphatic heterocycles. The Bertz CT molecular complexity index is 1040. The largest absolute Gasteiger partial charge is 0.508 e. The number of phenolic OH excluding ortho intramolecular Hbond substituents is 1. The average Bonchev–Trinajstić information content (AvgIpc) is 3.31. The normalized spacial score (nSPS) is 18.3. The van der Waals surface area contributed by atoms with Gasteiger partial charge in [0, 0.05) is 36.6 Å². The number of fused-ring (bicyclic) bond motifs is 1. The molecule has 0 radical (unpaired) electrons. The molecule has 30 heavy (non-hydrogen) atoms. The molecule has 0 aliphatic carbocycles. The summed E-state index contributed by atoms with van der Waals surface area (Å²) in [5, 5.41) is 13.3. The Morgan fingerprint density at radius 1 is 0.900 bits per heavy atom. The van der Waals surface area contributed by atoms with Gasteiger partial charge in [0.1, 0.15) is 11.9 Å². The third kappa shape index (κ3) is 3.47. The molecule has 1 saturated heterocycles. The molecule has 5 heteroatoms. The molecular formula is C25H25N3O2. The molecule has 1 unspecified atom stereocenters. The van der Waals surface area contributed by atoms with Gasteiger partial charge in [0.25, 0.3) is 5.91 Å². The molecule has 1 fully saturated rings. The summed E-state index contributed by atoms with van der Waals surface area (Å²) in [5.74, 6) is 0.170. The molecule has 3 aromatic rings. The number of hydrogen-bond donors (Lipinski definition) is 2. The molecule has 2 aliphatic rings. The van der Waals surface area contributed by atoms with Gasteiger partial charge in [-0.2, -0.15) is 0 Å². The van der Waals surface area contributed by atoms with Crippen molar-refractivity contribution in [3.05, 3.63) is 83.9 Å². The first kappa shape index (κ1) is 18.6. The SMILES string of the molecule is O=C1c2cc(N3CCCC3)ccc2NC(Cc2ccccc2)N1c1ccc(O)cc1. The van der Waals surface area contributed by atoms with E-state index in [0.717, 1.165) is 35.7 Å². The number of amides is 1. The first-order valence-corrected chi connectivity index (χ1v) is 10.5. The van der Waals surface area contributed by atoms with Crippen LogP contribution in [0.15, 0.2) is 72.8 Å². The first-order chi connectivity index (χ1) is 14.7. The maximum atomic E-state index is 13.7. The zero-order valence-electron chi connectivity index (χ0n) is 16.8. The van der Waals surface area contributed by atoms with Crippen molar-refractivity contribution in [2.24, 2.45) is 0 Å². The molecule has 0 saturated carbocycles. The van der Waals surface area contributed by atoms with E-state index in [9.17, 15) is 9.90 Å². The third-order valence-corrected chi connectivity index (χ3v) is 5.96. The number of rotatable bonds is 4. The quantitative estimate of drug-likeness (QED) is 0.671. The second-order valence-corrected chi connectivity index (χ2v) is 7.97. The summed E-state index contributed by atoms with van der Waals surface area (Å²) in [4.78, 5) is 17.8. The summed E-state index contributed by atoms with van der Waals surface area (Å²) in [5.41, 5.74) is 4.59. The summed E-state index contributed by atoms with van der Waals surface area (Å²) in [6.07, 6.45) is 2.86. The summed E-state index contributed by atoms with van der Waals surface area (Å²) in [6.45, 7) is 2.08. The minimum Gasteiger partial charge on any atom is -0.508 e. The number of hydrogen-bond acceptors (Lipinski definition) is 4. The van der Waals surface area contributed by atoms with Gasteiger partial charge in [-0.05, 0) is 60.9 Å². The van der Waals surface area contributed by atoms with Crippen LogP contribution in [0.25, 0.3) is 0 Å². The van der Waals surface area contributed by atoms with E-state index in [4.69, 9.17) is 0 Å². The van der Waals surface area contributed by atoms with E-state index >= 15 is 0 Å². The lowest BCUT2D eigenvalue weighted by atomic mass is 10.0. The van der Waals surface area contributed by atoms with Crippen LogP contribution in [0.1, 0.15) is 28.8 Å². The van der Waals surface area contributed by atoms with Gasteiger partial charge in [0.15, 0.2) is 0 Å². The summed E-state index contributed by atoms with van der Waals surface area (Å²) in [7, 11) is 0. The lowest BCUT2D eigenvalue weighted by molar-refractivity contribution is 0.0975. The fourth-order valence-corrected chi connectivity index (χ4v) is 4.41. The molecule has 0 bridgehead atoms. The second-order valence-electron chi connectivity index (χ2n) is 7.97. The first-order valence-electron chi connectivity index (χ1n) is 10.5. The van der Waals surface area contributed by atoms with Crippen LogP contribution in [0.2, 0.25) is 0 Å². The van der Waals surface area contributed by atoms with Gasteiger partial charge in [-0.25, -0.2) is 0 Å². The van der Waals surface area contributed by atoms with E-state index in [1.54, 1.807) is 24.3 Å². The molecule has 3 aromatic carbocycles. The monoisotopic (exact) mass is 399 g/mol. The van der Waals surface area contributed by atoms with Crippen LogP contribution in [0.5, 0.6) is 5.75 Å². The van der Waals surface area contributed by atoms with E-state index in [1.807, 2.05) is 35.2 Å². The summed E-state index contributed by atoms with van der Waals surface area (Å²) in [6, 6.07) is 23.2. The standard InChI is InChI=1S/C25H25N3O2/c29-21-11-8-19(9-12-21)28-24(16-18-6-2-1-3-7-18)26-23-13-10-20(17-22(23)25(28)30)27-14-4-5-15-27/h1-3,6-13,17,24,26,29H,4-5,14-16H2. The highest BCUT2D eigenvalue weighted by Crippen LogP contribution is 2.34. The maximum absolute atomic E-state index is 13.7. The number of nitrogens with one attached hydrogen (secondary N) is 1. The topological polar surface area (TPSA) is 55.8 Å². The lowest BCUT2D eigenvalue weighted by Crippen LogP contribution is -2.50. The van der Waals surface area contributed by atoms with Crippen LogP contribution in [-0.2, 0) is 6.42 Å². The number of phenols is 1. The smallest absolute Gasteiger partial charge is 0.262 e. The number of nitrogens with zero attached hydrogens (tertiary/aromatic N) is 2. The van der Waals surface area contributed by atoms with Crippen LogP contribution in [0.4, 0.5) is 17.1 Å². The van der Waals surface area contributed by atoms with Crippen LogP contribution in [0, 0.1) is 0 Å². The van der Waals surface area contributed by atoms with Crippen molar-refractivity contribution in [2.75, 3.05) is 28.2 Å². The third-order valence-electron chi connectivity index (χ3n) is 5.96. The summed E-state index contributed by atoms with van der Waals surface area (Å²) < 4.78 is 0. The van der Waals surface area contributed by atoms with Crippen molar-refractivity contribution in [3.63, 3.8) is 0 Å². The van der Waals surface area contributed by atoms with Crippen molar-refractivity contribution in [3.8, 4) is 5.75 Å². The number of anilines is 3. The molecule has 0 aromatic heterocycles. The Hall–Kier alpha value is -3.47. The van der Waals surface area contributed by atoms with E-state index in [1.165, 1.54) is 12.8 Å². The molecule has 2 heterocycles. The average molecular weight is 399 g/mol. The highest BCUT2D eigenvalue weighted by atomic mass is 16.3. The van der Waals surface area contributed by atoms with Crippen LogP contribution >= 0.6 is 0 Å². The van der Waals surface area contributed by atoms with Crippen LogP contribution < -0.4 is 15.1 Å². The molecule has 1 atom stereocenters. The second kappa shape index (κ2) is 7.75. The van der Waals surface area contributed by atoms with Gasteiger partial charge >= 0.3 is 0 Å². The van der Waals surface area contributed by atoms with Crippen LogP contribution in [-0.4, -0.2) is 30.3 Å². The highest BCUT2D eigenvalue weighted by Gasteiger charge is 2.34. The Kier molecular flexibility index (Phi) is 4.79. The van der Waals surface area contributed by atoms with Crippen molar-refractivity contribution >= 4 is 23.0 Å². The van der Waals surface area contributed by atoms with E-state index in [-0.39, 0.29) is 17.8 Å². The molecule has 0 spiro atoms. The Morgan fingerprint density at radius 2 is 1.60 bits per heavy atom. The minimum atomic E-state index is -0.213. The number of benzene rings is 3. The molecule has 1 amide bonds. The minimum absolute atomic E-state index is 0.0172. The number of aromatic hydroxyl groups is 1. The Morgan fingerprint density at radius 3 is 2.33 bits per heavy atom. The Labute approximate surface area is 176 Å². The van der Waals surface area contributed by atoms with E-state index in [0.29, 0.717) is 12.0 Å². The van der Waals surface area contributed by atoms with Gasteiger partial charge in [0.2, 0.25) is 0 Å². The molecule has 2 N–H and O–H groups in total. The zero-order chi connectivity index (χ0) is 20.5. The van der Waals surface area contributed by atoms with Crippen molar-refractivity contribution in [2.45, 2.75) is 25.4 Å². The number of carbonyl (C=O) groups excluding carboxylic acids is 1. The van der Waals surface area contributed by atoms with Crippen molar-refractivity contribution in [1.29, 1.82) is 0 Å².